The molecule has 0 bridgehead atoms. The van der Waals surface area contributed by atoms with Crippen molar-refractivity contribution in [3.8, 4) is 33.6 Å². The normalized spacial score (nSPS) is 9.85. The summed E-state index contributed by atoms with van der Waals surface area (Å²) in [6.07, 6.45) is 1.10. The number of hydrogen-bond acceptors (Lipinski definition) is 1. The number of hydrogen-bond donors (Lipinski definition) is 0. The Labute approximate surface area is 317 Å². The molecule has 0 atom stereocenters. The molecular formula is C43H46Cl2OSiZr-4. The Morgan fingerprint density at radius 2 is 1.06 bits per heavy atom. The molecule has 6 aromatic carbocycles. The molecule has 0 fully saturated rings. The number of furan rings is 1. The van der Waals surface area contributed by atoms with Crippen LogP contribution in [0.15, 0.2) is 114 Å². The molecule has 0 N–H and O–H groups in total. The van der Waals surface area contributed by atoms with E-state index in [0.717, 1.165) is 23.5 Å². The van der Waals surface area contributed by atoms with E-state index in [9.17, 15) is 0 Å². The van der Waals surface area contributed by atoms with Crippen molar-refractivity contribution in [2.24, 2.45) is 0 Å². The van der Waals surface area contributed by atoms with Gasteiger partial charge < -0.3 is 19.3 Å². The van der Waals surface area contributed by atoms with Gasteiger partial charge in [-0.05, 0) is 69.9 Å². The van der Waals surface area contributed by atoms with Gasteiger partial charge in [0.15, 0.2) is 0 Å². The summed E-state index contributed by atoms with van der Waals surface area (Å²) >= 11 is 1.36. The van der Waals surface area contributed by atoms with Crippen LogP contribution in [0, 0.1) is 49.5 Å². The van der Waals surface area contributed by atoms with Crippen molar-refractivity contribution in [3.63, 3.8) is 0 Å². The molecule has 250 valence electrons. The van der Waals surface area contributed by atoms with E-state index < -0.39 is 0 Å². The van der Waals surface area contributed by atoms with Crippen molar-refractivity contribution in [1.82, 2.24) is 0 Å². The van der Waals surface area contributed by atoms with Crippen LogP contribution in [0.5, 0.6) is 0 Å². The van der Waals surface area contributed by atoms with Crippen LogP contribution in [0.1, 0.15) is 40.5 Å². The molecule has 7 aromatic rings. The summed E-state index contributed by atoms with van der Waals surface area (Å²) in [4.78, 5) is 0. The fourth-order valence-corrected chi connectivity index (χ4v) is 6.16. The van der Waals surface area contributed by atoms with Gasteiger partial charge in [0.2, 0.25) is 0 Å². The van der Waals surface area contributed by atoms with Crippen molar-refractivity contribution in [2.75, 3.05) is 0 Å². The van der Waals surface area contributed by atoms with Gasteiger partial charge in [-0.3, -0.25) is 0 Å². The third-order valence-corrected chi connectivity index (χ3v) is 8.68. The van der Waals surface area contributed by atoms with Crippen LogP contribution < -0.4 is 0 Å². The molecule has 0 aliphatic rings. The first kappa shape index (κ1) is 43.1. The summed E-state index contributed by atoms with van der Waals surface area (Å²) in [6, 6.07) is 39.2. The Morgan fingerprint density at radius 1 is 0.604 bits per heavy atom. The summed E-state index contributed by atoms with van der Waals surface area (Å²) in [7, 11) is 0. The third-order valence-electron chi connectivity index (χ3n) is 8.68. The van der Waals surface area contributed by atoms with Crippen LogP contribution in [-0.4, -0.2) is 6.88 Å². The van der Waals surface area contributed by atoms with E-state index in [0.29, 0.717) is 0 Å². The first-order valence-corrected chi connectivity index (χ1v) is 19.4. The Hall–Kier alpha value is -2.94. The molecule has 0 amide bonds. The molecule has 0 unspecified atom stereocenters. The van der Waals surface area contributed by atoms with Crippen LogP contribution in [0.25, 0.3) is 55.1 Å². The van der Waals surface area contributed by atoms with Gasteiger partial charge in [-0.1, -0.05) is 101 Å². The third kappa shape index (κ3) is 8.99. The molecule has 0 saturated carbocycles. The number of aryl methyl sites for hydroxylation is 4. The van der Waals surface area contributed by atoms with E-state index in [4.69, 9.17) is 4.42 Å². The molecule has 48 heavy (non-hydrogen) atoms. The van der Waals surface area contributed by atoms with E-state index in [1.807, 2.05) is 19.1 Å². The van der Waals surface area contributed by atoms with Gasteiger partial charge in [-0.25, -0.2) is 0 Å². The molecule has 0 spiro atoms. The number of benzene rings is 4. The van der Waals surface area contributed by atoms with Crippen molar-refractivity contribution in [1.29, 1.82) is 0 Å². The minimum atomic E-state index is 0. The standard InChI is InChI=1S/C22H19O.C19H19.2CH3.2ClH.Si.Zr/c1-14-11-18-12-19(21-10-9-15(2)23-21)13-20(18)22(16(14)3)17-7-5-4-6-8-17;1-4-15-11-17-10-13(2)14(3)19(18(17)12-15)16-8-6-5-7-9-16;;;;;;/h4-13H,1-3H3;5-12H,4H2,1-3H3;2*1H3;2*1H;;/q4*-1;;;;. The van der Waals surface area contributed by atoms with E-state index in [1.54, 1.807) is 0 Å². The van der Waals surface area contributed by atoms with Crippen LogP contribution in [-0.2, 0) is 29.8 Å². The second kappa shape index (κ2) is 19.3. The monoisotopic (exact) mass is 766 g/mol. The van der Waals surface area contributed by atoms with Gasteiger partial charge in [0.05, 0.1) is 11.5 Å². The fourth-order valence-electron chi connectivity index (χ4n) is 6.16. The zero-order valence-electron chi connectivity index (χ0n) is 29.3. The molecule has 0 saturated heterocycles. The second-order valence-corrected chi connectivity index (χ2v) is 11.5. The molecule has 7 rings (SSSR count). The van der Waals surface area contributed by atoms with Gasteiger partial charge >= 0.3 is 30.2 Å². The van der Waals surface area contributed by atoms with E-state index in [2.05, 4.69) is 139 Å². The number of fused-ring (bicyclic) bond motifs is 2. The van der Waals surface area contributed by atoms with E-state index >= 15 is 0 Å². The van der Waals surface area contributed by atoms with Crippen LogP contribution >= 0.6 is 24.8 Å². The van der Waals surface area contributed by atoms with Crippen molar-refractivity contribution in [2.45, 2.75) is 48.0 Å². The van der Waals surface area contributed by atoms with Crippen LogP contribution in [0.4, 0.5) is 0 Å². The Bertz CT molecular complexity index is 2030. The van der Waals surface area contributed by atoms with Gasteiger partial charge in [0.1, 0.15) is 0 Å². The summed E-state index contributed by atoms with van der Waals surface area (Å²) in [6.45, 7) is 16.1. The van der Waals surface area contributed by atoms with Gasteiger partial charge in [0, 0.05) is 0 Å². The maximum absolute atomic E-state index is 5.81. The van der Waals surface area contributed by atoms with Crippen molar-refractivity contribution < 1.29 is 27.8 Å². The maximum atomic E-state index is 5.81. The van der Waals surface area contributed by atoms with Crippen LogP contribution in [0.3, 0.4) is 0 Å². The Balaban J connectivity index is 0.000000429. The molecule has 0 aliphatic carbocycles. The first-order chi connectivity index (χ1) is 21.3. The average Bonchev–Trinajstić information content (AvgIpc) is 3.78. The van der Waals surface area contributed by atoms with Crippen LogP contribution in [0.2, 0.25) is 0 Å². The SMILES string of the molecule is CCc1cc2c(-c3ccccc3)c(C)c(C)cc2[cH-]1.Cc1ccc(-c2cc3c(-c4ccccc4)c(C)c(C)cc3[cH-]2)o1.Cl.Cl.[CH3-].[CH3-].[Si]=[Zr]. The molecule has 2 radical (unpaired) electrons. The van der Waals surface area contributed by atoms with Crippen molar-refractivity contribution >= 4 is 53.2 Å². The topological polar surface area (TPSA) is 13.1 Å². The predicted octanol–water partition coefficient (Wildman–Crippen LogP) is 13.2. The summed E-state index contributed by atoms with van der Waals surface area (Å²) < 4.78 is 5.81. The van der Waals surface area contributed by atoms with E-state index in [1.165, 1.54) is 95.0 Å². The zero-order chi connectivity index (χ0) is 31.4. The first-order valence-electron chi connectivity index (χ1n) is 15.2. The number of rotatable bonds is 4. The molecule has 1 nitrogen and oxygen atoms in total. The zero-order valence-corrected chi connectivity index (χ0v) is 34.4. The predicted molar refractivity (Wildman–Crippen MR) is 214 cm³/mol. The summed E-state index contributed by atoms with van der Waals surface area (Å²) in [5, 5.41) is 5.34. The minimum absolute atomic E-state index is 0. The van der Waals surface area contributed by atoms with Gasteiger partial charge in [-0.15, -0.1) is 82.3 Å². The van der Waals surface area contributed by atoms with Gasteiger partial charge in [0.25, 0.3) is 0 Å². The molecular weight excluding hydrogens is 723 g/mol. The average molecular weight is 769 g/mol. The Kier molecular flexibility index (Phi) is 17.3. The summed E-state index contributed by atoms with van der Waals surface area (Å²) in [5.74, 6) is 1.88. The fraction of sp³-hybridized carbons (Fsp3) is 0.163. The summed E-state index contributed by atoms with van der Waals surface area (Å²) in [5.41, 5.74) is 13.3. The molecule has 5 heteroatoms. The Morgan fingerprint density at radius 3 is 1.50 bits per heavy atom. The molecule has 1 heterocycles. The molecule has 0 aliphatic heterocycles. The van der Waals surface area contributed by atoms with Crippen molar-refractivity contribution in [3.05, 3.63) is 158 Å². The molecule has 1 aromatic heterocycles. The van der Waals surface area contributed by atoms with E-state index in [-0.39, 0.29) is 39.7 Å². The number of halogens is 2. The quantitative estimate of drug-likeness (QED) is 0.128. The van der Waals surface area contributed by atoms with Gasteiger partial charge in [-0.2, -0.15) is 6.07 Å². The second-order valence-electron chi connectivity index (χ2n) is 11.5.